The van der Waals surface area contributed by atoms with Crippen LogP contribution in [-0.2, 0) is 19.9 Å². The topological polar surface area (TPSA) is 93.2 Å². The SMILES string of the molecule is Cc1nc(Cl)sc1S(=O)(=O)NC(C)CS(C)(=O)=O. The first-order chi connectivity index (χ1) is 8.01. The highest BCUT2D eigenvalue weighted by Crippen LogP contribution is 2.26. The normalized spacial score (nSPS) is 14.7. The molecule has 0 fully saturated rings. The number of sulfonamides is 1. The standard InChI is InChI=1S/C8H13ClN2O4S3/c1-5(4-17(3,12)13)11-18(14,15)7-6(2)10-8(9)16-7/h5,11H,4H2,1-3H3. The van der Waals surface area contributed by atoms with Gasteiger partial charge in [-0.25, -0.2) is 26.5 Å². The minimum Gasteiger partial charge on any atom is -0.229 e. The molecule has 0 amide bonds. The van der Waals surface area contributed by atoms with Crippen LogP contribution in [0.4, 0.5) is 0 Å². The number of hydrogen-bond acceptors (Lipinski definition) is 6. The molecular formula is C8H13ClN2O4S3. The second-order valence-corrected chi connectivity index (χ2v) is 9.63. The fourth-order valence-electron chi connectivity index (χ4n) is 1.41. The zero-order valence-electron chi connectivity index (χ0n) is 9.97. The summed E-state index contributed by atoms with van der Waals surface area (Å²) in [5, 5.41) is 0. The highest BCUT2D eigenvalue weighted by molar-refractivity contribution is 7.92. The van der Waals surface area contributed by atoms with Gasteiger partial charge in [0, 0.05) is 12.3 Å². The van der Waals surface area contributed by atoms with Crippen molar-refractivity contribution >= 4 is 42.8 Å². The third-order valence-corrected chi connectivity index (χ3v) is 6.45. The fraction of sp³-hybridized carbons (Fsp3) is 0.625. The van der Waals surface area contributed by atoms with E-state index in [-0.39, 0.29) is 14.4 Å². The van der Waals surface area contributed by atoms with E-state index in [4.69, 9.17) is 11.6 Å². The molecule has 0 bridgehead atoms. The van der Waals surface area contributed by atoms with Crippen molar-refractivity contribution in [2.24, 2.45) is 0 Å². The molecule has 6 nitrogen and oxygen atoms in total. The van der Waals surface area contributed by atoms with Crippen molar-refractivity contribution in [1.82, 2.24) is 9.71 Å². The molecule has 1 atom stereocenters. The van der Waals surface area contributed by atoms with Crippen molar-refractivity contribution in [3.63, 3.8) is 0 Å². The van der Waals surface area contributed by atoms with Crippen LogP contribution >= 0.6 is 22.9 Å². The maximum atomic E-state index is 12.0. The molecule has 0 spiro atoms. The van der Waals surface area contributed by atoms with Gasteiger partial charge in [0.2, 0.25) is 0 Å². The van der Waals surface area contributed by atoms with Crippen molar-refractivity contribution in [2.75, 3.05) is 12.0 Å². The first-order valence-electron chi connectivity index (χ1n) is 4.84. The number of rotatable bonds is 5. The first kappa shape index (κ1) is 15.8. The molecular weight excluding hydrogens is 320 g/mol. The third kappa shape index (κ3) is 4.47. The Morgan fingerprint density at radius 2 is 1.94 bits per heavy atom. The van der Waals surface area contributed by atoms with Crippen LogP contribution < -0.4 is 4.72 Å². The van der Waals surface area contributed by atoms with Crippen LogP contribution in [0.15, 0.2) is 4.21 Å². The summed E-state index contributed by atoms with van der Waals surface area (Å²) in [5.41, 5.74) is 0.295. The average molecular weight is 333 g/mol. The molecule has 1 rings (SSSR count). The van der Waals surface area contributed by atoms with Crippen LogP contribution in [0.1, 0.15) is 12.6 Å². The Labute approximate surface area is 115 Å². The van der Waals surface area contributed by atoms with E-state index < -0.39 is 25.9 Å². The Balaban J connectivity index is 2.93. The maximum Gasteiger partial charge on any atom is 0.252 e. The van der Waals surface area contributed by atoms with Crippen LogP contribution in [0.5, 0.6) is 0 Å². The van der Waals surface area contributed by atoms with Gasteiger partial charge in [0.05, 0.1) is 11.4 Å². The summed E-state index contributed by atoms with van der Waals surface area (Å²) >= 11 is 6.47. The molecule has 1 unspecified atom stereocenters. The van der Waals surface area contributed by atoms with Gasteiger partial charge in [-0.2, -0.15) is 0 Å². The lowest BCUT2D eigenvalue weighted by atomic mass is 10.4. The number of nitrogens with one attached hydrogen (secondary N) is 1. The lowest BCUT2D eigenvalue weighted by molar-refractivity contribution is 0.565. The molecule has 0 saturated carbocycles. The molecule has 0 aromatic carbocycles. The Morgan fingerprint density at radius 1 is 1.39 bits per heavy atom. The second-order valence-electron chi connectivity index (χ2n) is 3.95. The summed E-state index contributed by atoms with van der Waals surface area (Å²) < 4.78 is 48.5. The lowest BCUT2D eigenvalue weighted by Gasteiger charge is -2.12. The van der Waals surface area contributed by atoms with Crippen molar-refractivity contribution in [3.05, 3.63) is 10.2 Å². The molecule has 0 aliphatic heterocycles. The van der Waals surface area contributed by atoms with Crippen LogP contribution in [-0.4, -0.2) is 39.9 Å². The van der Waals surface area contributed by atoms with Crippen molar-refractivity contribution < 1.29 is 16.8 Å². The van der Waals surface area contributed by atoms with Gasteiger partial charge >= 0.3 is 0 Å². The summed E-state index contributed by atoms with van der Waals surface area (Å²) in [4.78, 5) is 3.81. The number of hydrogen-bond donors (Lipinski definition) is 1. The van der Waals surface area contributed by atoms with E-state index in [1.165, 1.54) is 13.8 Å². The predicted octanol–water partition coefficient (Wildman–Crippen LogP) is 0.816. The molecule has 0 radical (unpaired) electrons. The first-order valence-corrected chi connectivity index (χ1v) is 9.58. The summed E-state index contributed by atoms with van der Waals surface area (Å²) in [7, 11) is -7.03. The summed E-state index contributed by atoms with van der Waals surface area (Å²) in [5.74, 6) is -0.266. The molecule has 1 N–H and O–H groups in total. The van der Waals surface area contributed by atoms with E-state index in [1.54, 1.807) is 0 Å². The molecule has 0 aliphatic carbocycles. The van der Waals surface area contributed by atoms with Crippen molar-refractivity contribution in [3.8, 4) is 0 Å². The molecule has 0 aliphatic rings. The highest BCUT2D eigenvalue weighted by Gasteiger charge is 2.24. The maximum absolute atomic E-state index is 12.0. The molecule has 0 saturated heterocycles. The minimum atomic E-state index is -3.78. The summed E-state index contributed by atoms with van der Waals surface area (Å²) in [6.07, 6.45) is 1.05. The van der Waals surface area contributed by atoms with Crippen LogP contribution in [0.2, 0.25) is 4.47 Å². The van der Waals surface area contributed by atoms with E-state index in [9.17, 15) is 16.8 Å². The summed E-state index contributed by atoms with van der Waals surface area (Å²) in [6, 6.07) is -0.717. The molecule has 10 heteroatoms. The zero-order valence-corrected chi connectivity index (χ0v) is 13.2. The van der Waals surface area contributed by atoms with Gasteiger partial charge < -0.3 is 0 Å². The van der Waals surface area contributed by atoms with E-state index >= 15 is 0 Å². The van der Waals surface area contributed by atoms with Gasteiger partial charge in [-0.15, -0.1) is 0 Å². The Bertz CT molecular complexity index is 635. The number of halogens is 1. The quantitative estimate of drug-likeness (QED) is 0.861. The number of thiazole rings is 1. The van der Waals surface area contributed by atoms with Gasteiger partial charge in [-0.05, 0) is 13.8 Å². The molecule has 104 valence electrons. The van der Waals surface area contributed by atoms with Crippen molar-refractivity contribution in [1.29, 1.82) is 0 Å². The largest absolute Gasteiger partial charge is 0.252 e. The lowest BCUT2D eigenvalue weighted by Crippen LogP contribution is -2.37. The predicted molar refractivity (Wildman–Crippen MR) is 71.4 cm³/mol. The summed E-state index contributed by atoms with van der Waals surface area (Å²) in [6.45, 7) is 3.01. The molecule has 1 aromatic rings. The van der Waals surface area contributed by atoms with Gasteiger partial charge in [0.15, 0.2) is 8.68 Å². The number of nitrogens with zero attached hydrogens (tertiary/aromatic N) is 1. The molecule has 1 aromatic heterocycles. The monoisotopic (exact) mass is 332 g/mol. The van der Waals surface area contributed by atoms with Gasteiger partial charge in [0.1, 0.15) is 9.84 Å². The molecule has 18 heavy (non-hydrogen) atoms. The third-order valence-electron chi connectivity index (χ3n) is 1.88. The highest BCUT2D eigenvalue weighted by atomic mass is 35.5. The number of aryl methyl sites for hydroxylation is 1. The fourth-order valence-corrected chi connectivity index (χ4v) is 5.50. The van der Waals surface area contributed by atoms with E-state index in [1.807, 2.05) is 0 Å². The number of aromatic nitrogens is 1. The Hall–Kier alpha value is -0.220. The minimum absolute atomic E-state index is 0.00727. The smallest absolute Gasteiger partial charge is 0.229 e. The van der Waals surface area contributed by atoms with Gasteiger partial charge in [-0.1, -0.05) is 22.9 Å². The average Bonchev–Trinajstić information content (AvgIpc) is 2.40. The Morgan fingerprint density at radius 3 is 2.33 bits per heavy atom. The van der Waals surface area contributed by atoms with E-state index in [0.29, 0.717) is 5.69 Å². The number of sulfone groups is 1. The van der Waals surface area contributed by atoms with Crippen LogP contribution in [0.25, 0.3) is 0 Å². The second kappa shape index (κ2) is 5.41. The van der Waals surface area contributed by atoms with E-state index in [2.05, 4.69) is 9.71 Å². The van der Waals surface area contributed by atoms with Crippen LogP contribution in [0, 0.1) is 6.92 Å². The van der Waals surface area contributed by atoms with Gasteiger partial charge in [-0.3, -0.25) is 0 Å². The zero-order chi connectivity index (χ0) is 14.1. The Kier molecular flexibility index (Phi) is 4.76. The van der Waals surface area contributed by atoms with Gasteiger partial charge in [0.25, 0.3) is 10.0 Å². The van der Waals surface area contributed by atoms with E-state index in [0.717, 1.165) is 17.6 Å². The van der Waals surface area contributed by atoms with Crippen molar-refractivity contribution in [2.45, 2.75) is 24.1 Å². The van der Waals surface area contributed by atoms with Crippen LogP contribution in [0.3, 0.4) is 0 Å². The molecule has 1 heterocycles.